The number of nitrogens with zero attached hydrogens (tertiary/aromatic N) is 3. The van der Waals surface area contributed by atoms with Crippen LogP contribution in [0.3, 0.4) is 0 Å². The Bertz CT molecular complexity index is 970. The molecule has 0 aliphatic carbocycles. The second-order valence-corrected chi connectivity index (χ2v) is 8.39. The fraction of sp³-hybridized carbons (Fsp3) is 0.474. The van der Waals surface area contributed by atoms with E-state index in [2.05, 4.69) is 9.88 Å². The smallest absolute Gasteiger partial charge is 0.264 e. The van der Waals surface area contributed by atoms with Gasteiger partial charge in [-0.1, -0.05) is 35.3 Å². The van der Waals surface area contributed by atoms with Gasteiger partial charge in [0.05, 0.1) is 28.8 Å². The summed E-state index contributed by atoms with van der Waals surface area (Å²) < 4.78 is 7.10. The predicted octanol–water partition coefficient (Wildman–Crippen LogP) is 2.28. The molecule has 9 heteroatoms. The topological polar surface area (TPSA) is 99.4 Å². The first-order valence-electron chi connectivity index (χ1n) is 9.23. The number of nitrogens with two attached hydrogens (primary N) is 2. The number of hydrogen-bond acceptors (Lipinski definition) is 6. The van der Waals surface area contributed by atoms with Crippen LogP contribution in [0.5, 0.6) is 0 Å². The summed E-state index contributed by atoms with van der Waals surface area (Å²) >= 11 is 12.4. The maximum Gasteiger partial charge on any atom is 0.264 e. The Morgan fingerprint density at radius 1 is 1.29 bits per heavy atom. The Morgan fingerprint density at radius 2 is 2.00 bits per heavy atom. The van der Waals surface area contributed by atoms with E-state index < -0.39 is 0 Å². The van der Waals surface area contributed by atoms with Gasteiger partial charge in [-0.2, -0.15) is 4.98 Å². The van der Waals surface area contributed by atoms with Crippen LogP contribution in [-0.4, -0.2) is 41.9 Å². The molecule has 1 aromatic heterocycles. The summed E-state index contributed by atoms with van der Waals surface area (Å²) in [6.07, 6.45) is 1.79. The fourth-order valence-corrected chi connectivity index (χ4v) is 4.57. The lowest BCUT2D eigenvalue weighted by Crippen LogP contribution is -2.50. The van der Waals surface area contributed by atoms with Crippen LogP contribution < -0.4 is 21.9 Å². The van der Waals surface area contributed by atoms with Crippen LogP contribution in [0.4, 0.5) is 11.8 Å². The Hall–Kier alpha value is -1.80. The first-order valence-corrected chi connectivity index (χ1v) is 9.99. The average molecular weight is 424 g/mol. The average Bonchev–Trinajstić information content (AvgIpc) is 3.02. The van der Waals surface area contributed by atoms with E-state index in [0.717, 1.165) is 25.9 Å². The summed E-state index contributed by atoms with van der Waals surface area (Å²) in [4.78, 5) is 19.7. The Morgan fingerprint density at radius 3 is 2.64 bits per heavy atom. The number of rotatable bonds is 2. The molecule has 0 bridgehead atoms. The Labute approximate surface area is 173 Å². The molecule has 0 saturated carbocycles. The molecular weight excluding hydrogens is 401 g/mol. The van der Waals surface area contributed by atoms with Crippen molar-refractivity contribution in [1.29, 1.82) is 0 Å². The van der Waals surface area contributed by atoms with Crippen molar-refractivity contribution in [2.24, 2.45) is 18.2 Å². The van der Waals surface area contributed by atoms with Gasteiger partial charge in [-0.15, -0.1) is 0 Å². The molecule has 4 N–H and O–H groups in total. The maximum atomic E-state index is 13.1. The van der Waals surface area contributed by atoms with E-state index in [0.29, 0.717) is 29.7 Å². The van der Waals surface area contributed by atoms with Gasteiger partial charge in [0.25, 0.3) is 5.56 Å². The van der Waals surface area contributed by atoms with Gasteiger partial charge in [-0.05, 0) is 18.9 Å². The number of nitrogen functional groups attached to an aromatic ring is 1. The van der Waals surface area contributed by atoms with Crippen LogP contribution in [-0.2, 0) is 11.8 Å². The zero-order chi connectivity index (χ0) is 20.1. The minimum atomic E-state index is -0.257. The molecule has 2 saturated heterocycles. The van der Waals surface area contributed by atoms with Gasteiger partial charge in [0, 0.05) is 37.2 Å². The highest BCUT2D eigenvalue weighted by Crippen LogP contribution is 2.40. The third-order valence-electron chi connectivity index (χ3n) is 6.03. The zero-order valence-corrected chi connectivity index (χ0v) is 17.1. The second kappa shape index (κ2) is 7.22. The highest BCUT2D eigenvalue weighted by atomic mass is 35.5. The minimum Gasteiger partial charge on any atom is -0.383 e. The monoisotopic (exact) mass is 423 g/mol. The van der Waals surface area contributed by atoms with Crippen molar-refractivity contribution in [3.8, 4) is 11.1 Å². The van der Waals surface area contributed by atoms with E-state index in [1.54, 1.807) is 25.2 Å². The second-order valence-electron chi connectivity index (χ2n) is 7.61. The number of halogens is 2. The van der Waals surface area contributed by atoms with Gasteiger partial charge < -0.3 is 21.1 Å². The van der Waals surface area contributed by atoms with Crippen LogP contribution in [0.15, 0.2) is 23.0 Å². The van der Waals surface area contributed by atoms with Gasteiger partial charge >= 0.3 is 0 Å². The Kier molecular flexibility index (Phi) is 5.03. The molecule has 0 radical (unpaired) electrons. The molecule has 2 aromatic rings. The number of piperidine rings is 1. The molecule has 1 aromatic carbocycles. The number of benzene rings is 1. The summed E-state index contributed by atoms with van der Waals surface area (Å²) in [5.74, 6) is 0.690. The van der Waals surface area contributed by atoms with E-state index in [9.17, 15) is 4.79 Å². The minimum absolute atomic E-state index is 0.0230. The van der Waals surface area contributed by atoms with Crippen LogP contribution >= 0.6 is 23.2 Å². The first-order chi connectivity index (χ1) is 13.3. The molecule has 150 valence electrons. The van der Waals surface area contributed by atoms with Gasteiger partial charge in [-0.25, -0.2) is 0 Å². The molecule has 0 amide bonds. The van der Waals surface area contributed by atoms with E-state index in [4.69, 9.17) is 39.4 Å². The lowest BCUT2D eigenvalue weighted by Gasteiger charge is -2.41. The summed E-state index contributed by atoms with van der Waals surface area (Å²) in [5, 5.41) is 0.652. The maximum absolute atomic E-state index is 13.1. The van der Waals surface area contributed by atoms with Crippen molar-refractivity contribution in [3.63, 3.8) is 0 Å². The van der Waals surface area contributed by atoms with Gasteiger partial charge in [-0.3, -0.25) is 9.36 Å². The normalized spacial score (nSPS) is 21.4. The lowest BCUT2D eigenvalue weighted by atomic mass is 9.75. The summed E-state index contributed by atoms with van der Waals surface area (Å²) in [6, 6.07) is 5.17. The molecule has 2 fully saturated rings. The first kappa shape index (κ1) is 19.5. The summed E-state index contributed by atoms with van der Waals surface area (Å²) in [7, 11) is 1.70. The third-order valence-corrected chi connectivity index (χ3v) is 6.85. The standard InChI is InChI=1S/C19H23Cl2N5O2/c1-25-17(27)14(11-3-2-4-12(20)15(11)21)16(23)24-18(25)26-7-5-19(6-8-26)10-28-9-13(19)22/h2-4,13H,5-10,22-23H2,1H3/t13-/m1/s1. The van der Waals surface area contributed by atoms with E-state index in [-0.39, 0.29) is 33.4 Å². The van der Waals surface area contributed by atoms with Crippen molar-refractivity contribution >= 4 is 35.0 Å². The van der Waals surface area contributed by atoms with E-state index >= 15 is 0 Å². The van der Waals surface area contributed by atoms with Crippen LogP contribution in [0.1, 0.15) is 12.8 Å². The van der Waals surface area contributed by atoms with E-state index in [1.165, 1.54) is 4.57 Å². The predicted molar refractivity (Wildman–Crippen MR) is 112 cm³/mol. The molecule has 2 aliphatic rings. The molecule has 1 atom stereocenters. The number of hydrogen-bond donors (Lipinski definition) is 2. The number of ether oxygens (including phenoxy) is 1. The van der Waals surface area contributed by atoms with Crippen molar-refractivity contribution in [2.45, 2.75) is 18.9 Å². The van der Waals surface area contributed by atoms with Gasteiger partial charge in [0.15, 0.2) is 0 Å². The molecule has 0 unspecified atom stereocenters. The summed E-state index contributed by atoms with van der Waals surface area (Å²) in [5.41, 5.74) is 13.0. The molecule has 3 heterocycles. The van der Waals surface area contributed by atoms with E-state index in [1.807, 2.05) is 0 Å². The van der Waals surface area contributed by atoms with Gasteiger partial charge in [0.1, 0.15) is 5.82 Å². The van der Waals surface area contributed by atoms with Crippen molar-refractivity contribution in [3.05, 3.63) is 38.6 Å². The highest BCUT2D eigenvalue weighted by Gasteiger charge is 2.44. The largest absolute Gasteiger partial charge is 0.383 e. The quantitative estimate of drug-likeness (QED) is 0.768. The summed E-state index contributed by atoms with van der Waals surface area (Å²) in [6.45, 7) is 2.80. The lowest BCUT2D eigenvalue weighted by molar-refractivity contribution is 0.131. The number of anilines is 2. The molecule has 4 rings (SSSR count). The zero-order valence-electron chi connectivity index (χ0n) is 15.6. The van der Waals surface area contributed by atoms with Crippen molar-refractivity contribution < 1.29 is 4.74 Å². The highest BCUT2D eigenvalue weighted by molar-refractivity contribution is 6.43. The SMILES string of the molecule is Cn1c(N2CCC3(CC2)COC[C@H]3N)nc(N)c(-c2cccc(Cl)c2Cl)c1=O. The number of aromatic nitrogens is 2. The van der Waals surface area contributed by atoms with Crippen molar-refractivity contribution in [1.82, 2.24) is 9.55 Å². The fourth-order valence-electron chi connectivity index (χ4n) is 4.18. The third kappa shape index (κ3) is 3.06. The molecule has 28 heavy (non-hydrogen) atoms. The molecule has 2 aliphatic heterocycles. The molecule has 1 spiro atoms. The van der Waals surface area contributed by atoms with Gasteiger partial charge in [0.2, 0.25) is 5.95 Å². The van der Waals surface area contributed by atoms with Crippen LogP contribution in [0, 0.1) is 5.41 Å². The Balaban J connectivity index is 1.68. The van der Waals surface area contributed by atoms with Crippen LogP contribution in [0.2, 0.25) is 10.0 Å². The van der Waals surface area contributed by atoms with Crippen molar-refractivity contribution in [2.75, 3.05) is 36.9 Å². The molecular formula is C19H23Cl2N5O2. The molecule has 7 nitrogen and oxygen atoms in total. The van der Waals surface area contributed by atoms with Crippen LogP contribution in [0.25, 0.3) is 11.1 Å².